The van der Waals surface area contributed by atoms with Crippen molar-refractivity contribution in [3.8, 4) is 0 Å². The first-order valence-corrected chi connectivity index (χ1v) is 9.17. The molecule has 5 nitrogen and oxygen atoms in total. The number of carbonyl (C=O) groups excluding carboxylic acids is 2. The number of benzene rings is 1. The summed E-state index contributed by atoms with van der Waals surface area (Å²) in [4.78, 5) is 26.0. The Bertz CT molecular complexity index is 663. The molecule has 0 saturated heterocycles. The second-order valence-corrected chi connectivity index (χ2v) is 7.55. The second-order valence-electron chi connectivity index (χ2n) is 7.55. The van der Waals surface area contributed by atoms with Gasteiger partial charge in [0.2, 0.25) is 5.91 Å². The standard InChI is InChI=1S/C20H28N2O3/c1-14-8-10-20(25-3,11-9-14)13-21-19(24)16-4-6-17-15(12-16)5-7-18(23)22(17)2/h4,6,12,14H,5,7-11,13H2,1-3H3,(H,21,24). The summed E-state index contributed by atoms with van der Waals surface area (Å²) in [6.07, 6.45) is 5.45. The first-order chi connectivity index (χ1) is 11.9. The van der Waals surface area contributed by atoms with Gasteiger partial charge in [0, 0.05) is 38.4 Å². The number of hydrogen-bond acceptors (Lipinski definition) is 3. The summed E-state index contributed by atoms with van der Waals surface area (Å²) < 4.78 is 5.77. The first kappa shape index (κ1) is 17.9. The van der Waals surface area contributed by atoms with Crippen LogP contribution in [0.1, 0.15) is 54.9 Å². The van der Waals surface area contributed by atoms with Crippen LogP contribution in [0.15, 0.2) is 18.2 Å². The monoisotopic (exact) mass is 344 g/mol. The van der Waals surface area contributed by atoms with E-state index < -0.39 is 0 Å². The van der Waals surface area contributed by atoms with E-state index in [1.807, 2.05) is 12.1 Å². The molecule has 1 heterocycles. The zero-order valence-corrected chi connectivity index (χ0v) is 15.4. The molecule has 1 aromatic carbocycles. The van der Waals surface area contributed by atoms with Crippen LogP contribution in [0.5, 0.6) is 0 Å². The summed E-state index contributed by atoms with van der Waals surface area (Å²) in [5, 5.41) is 3.06. The van der Waals surface area contributed by atoms with E-state index in [0.29, 0.717) is 24.9 Å². The van der Waals surface area contributed by atoms with Crippen LogP contribution in [-0.2, 0) is 16.0 Å². The molecule has 0 atom stereocenters. The molecule has 2 aliphatic rings. The number of nitrogens with zero attached hydrogens (tertiary/aromatic N) is 1. The highest BCUT2D eigenvalue weighted by molar-refractivity contribution is 5.98. The lowest BCUT2D eigenvalue weighted by atomic mass is 9.79. The predicted molar refractivity (Wildman–Crippen MR) is 97.9 cm³/mol. The van der Waals surface area contributed by atoms with Crippen LogP contribution in [0.25, 0.3) is 0 Å². The second kappa shape index (κ2) is 7.16. The van der Waals surface area contributed by atoms with Crippen molar-refractivity contribution in [1.29, 1.82) is 0 Å². The van der Waals surface area contributed by atoms with Gasteiger partial charge < -0.3 is 15.0 Å². The van der Waals surface area contributed by atoms with Crippen molar-refractivity contribution in [3.05, 3.63) is 29.3 Å². The number of ether oxygens (including phenoxy) is 1. The average molecular weight is 344 g/mol. The minimum absolute atomic E-state index is 0.0719. The Morgan fingerprint density at radius 3 is 2.72 bits per heavy atom. The third kappa shape index (κ3) is 3.71. The Hall–Kier alpha value is -1.88. The van der Waals surface area contributed by atoms with E-state index in [0.717, 1.165) is 42.9 Å². The Morgan fingerprint density at radius 2 is 2.04 bits per heavy atom. The number of fused-ring (bicyclic) bond motifs is 1. The van der Waals surface area contributed by atoms with Gasteiger partial charge in [-0.3, -0.25) is 9.59 Å². The van der Waals surface area contributed by atoms with Crippen molar-refractivity contribution < 1.29 is 14.3 Å². The number of rotatable bonds is 4. The van der Waals surface area contributed by atoms with Gasteiger partial charge in [0.25, 0.3) is 5.91 Å². The highest BCUT2D eigenvalue weighted by Crippen LogP contribution is 2.34. The Balaban J connectivity index is 1.66. The summed E-state index contributed by atoms with van der Waals surface area (Å²) in [7, 11) is 3.53. The van der Waals surface area contributed by atoms with E-state index in [2.05, 4.69) is 12.2 Å². The van der Waals surface area contributed by atoms with Gasteiger partial charge in [0.05, 0.1) is 5.60 Å². The number of anilines is 1. The molecule has 0 radical (unpaired) electrons. The molecule has 0 spiro atoms. The van der Waals surface area contributed by atoms with Crippen LogP contribution in [0.2, 0.25) is 0 Å². The van der Waals surface area contributed by atoms with Gasteiger partial charge in [-0.15, -0.1) is 0 Å². The molecule has 0 bridgehead atoms. The van der Waals surface area contributed by atoms with Gasteiger partial charge in [-0.05, 0) is 61.8 Å². The number of methoxy groups -OCH3 is 1. The third-order valence-corrected chi connectivity index (χ3v) is 5.87. The molecular formula is C20H28N2O3. The lowest BCUT2D eigenvalue weighted by Crippen LogP contribution is -2.46. The highest BCUT2D eigenvalue weighted by Gasteiger charge is 2.34. The molecule has 1 aliphatic carbocycles. The molecule has 25 heavy (non-hydrogen) atoms. The molecule has 1 aliphatic heterocycles. The molecular weight excluding hydrogens is 316 g/mol. The topological polar surface area (TPSA) is 58.6 Å². The van der Waals surface area contributed by atoms with Gasteiger partial charge in [-0.1, -0.05) is 6.92 Å². The zero-order valence-electron chi connectivity index (χ0n) is 15.4. The Kier molecular flexibility index (Phi) is 5.13. The van der Waals surface area contributed by atoms with Crippen molar-refractivity contribution in [2.75, 3.05) is 25.6 Å². The van der Waals surface area contributed by atoms with Crippen LogP contribution in [0, 0.1) is 5.92 Å². The quantitative estimate of drug-likeness (QED) is 0.914. The van der Waals surface area contributed by atoms with Gasteiger partial charge in [-0.2, -0.15) is 0 Å². The van der Waals surface area contributed by atoms with Crippen LogP contribution >= 0.6 is 0 Å². The fourth-order valence-corrected chi connectivity index (χ4v) is 3.88. The fourth-order valence-electron chi connectivity index (χ4n) is 3.88. The Labute approximate surface area is 149 Å². The Morgan fingerprint density at radius 1 is 1.32 bits per heavy atom. The summed E-state index contributed by atoms with van der Waals surface area (Å²) in [5.41, 5.74) is 2.38. The first-order valence-electron chi connectivity index (χ1n) is 9.17. The van der Waals surface area contributed by atoms with Crippen LogP contribution < -0.4 is 10.2 Å². The van der Waals surface area contributed by atoms with E-state index in [9.17, 15) is 9.59 Å². The molecule has 0 unspecified atom stereocenters. The maximum Gasteiger partial charge on any atom is 0.251 e. The number of hydrogen-bond donors (Lipinski definition) is 1. The number of aryl methyl sites for hydroxylation is 1. The van der Waals surface area contributed by atoms with Crippen molar-refractivity contribution in [2.24, 2.45) is 5.92 Å². The van der Waals surface area contributed by atoms with Gasteiger partial charge in [-0.25, -0.2) is 0 Å². The van der Waals surface area contributed by atoms with Gasteiger partial charge >= 0.3 is 0 Å². The van der Waals surface area contributed by atoms with Gasteiger partial charge in [0.15, 0.2) is 0 Å². The maximum atomic E-state index is 12.6. The lowest BCUT2D eigenvalue weighted by molar-refractivity contribution is -0.118. The zero-order chi connectivity index (χ0) is 18.0. The van der Waals surface area contributed by atoms with E-state index in [1.165, 1.54) is 0 Å². The fraction of sp³-hybridized carbons (Fsp3) is 0.600. The molecule has 3 rings (SSSR count). The van der Waals surface area contributed by atoms with Gasteiger partial charge in [0.1, 0.15) is 0 Å². The van der Waals surface area contributed by atoms with Crippen molar-refractivity contribution >= 4 is 17.5 Å². The predicted octanol–water partition coefficient (Wildman–Crippen LogP) is 2.92. The molecule has 136 valence electrons. The highest BCUT2D eigenvalue weighted by atomic mass is 16.5. The van der Waals surface area contributed by atoms with Crippen LogP contribution in [0.3, 0.4) is 0 Å². The SMILES string of the molecule is COC1(CNC(=O)c2ccc3c(c2)CCC(=O)N3C)CCC(C)CC1. The summed E-state index contributed by atoms with van der Waals surface area (Å²) in [6.45, 7) is 2.82. The van der Waals surface area contributed by atoms with Crippen LogP contribution in [-0.4, -0.2) is 38.1 Å². The maximum absolute atomic E-state index is 12.6. The van der Waals surface area contributed by atoms with Crippen molar-refractivity contribution in [2.45, 2.75) is 51.0 Å². The third-order valence-electron chi connectivity index (χ3n) is 5.87. The van der Waals surface area contributed by atoms with Crippen LogP contribution in [0.4, 0.5) is 5.69 Å². The largest absolute Gasteiger partial charge is 0.376 e. The summed E-state index contributed by atoms with van der Waals surface area (Å²) in [6, 6.07) is 5.58. The smallest absolute Gasteiger partial charge is 0.251 e. The summed E-state index contributed by atoms with van der Waals surface area (Å²) in [5.74, 6) is 0.787. The minimum atomic E-state index is -0.233. The molecule has 0 aromatic heterocycles. The number of nitrogens with one attached hydrogen (secondary N) is 1. The number of amides is 2. The molecule has 1 aromatic rings. The minimum Gasteiger partial charge on any atom is -0.376 e. The van der Waals surface area contributed by atoms with Crippen molar-refractivity contribution in [3.63, 3.8) is 0 Å². The molecule has 5 heteroatoms. The lowest BCUT2D eigenvalue weighted by Gasteiger charge is -2.38. The van der Waals surface area contributed by atoms with E-state index in [4.69, 9.17) is 4.74 Å². The van der Waals surface area contributed by atoms with Crippen molar-refractivity contribution in [1.82, 2.24) is 5.32 Å². The molecule has 2 amide bonds. The number of carbonyl (C=O) groups is 2. The average Bonchev–Trinajstić information content (AvgIpc) is 2.64. The van der Waals surface area contributed by atoms with E-state index in [1.54, 1.807) is 25.1 Å². The van der Waals surface area contributed by atoms with E-state index in [-0.39, 0.29) is 17.4 Å². The molecule has 1 N–H and O–H groups in total. The van der Waals surface area contributed by atoms with E-state index >= 15 is 0 Å². The summed E-state index contributed by atoms with van der Waals surface area (Å²) >= 11 is 0. The molecule has 1 saturated carbocycles. The molecule has 1 fully saturated rings. The normalized spacial score (nSPS) is 26.3.